The SMILES string of the molecule is CC(C)(C)c1cc(C(C)(C)C)c(C(C)(C)C)c(C(C)(C)C)n1. The average molecular weight is 304 g/mol. The first-order valence-corrected chi connectivity index (χ1v) is 8.52. The van der Waals surface area contributed by atoms with Crippen LogP contribution in [0.15, 0.2) is 6.07 Å². The van der Waals surface area contributed by atoms with E-state index in [4.69, 9.17) is 4.98 Å². The van der Waals surface area contributed by atoms with Crippen molar-refractivity contribution in [1.82, 2.24) is 4.98 Å². The molecule has 0 N–H and O–H groups in total. The Balaban J connectivity index is 3.96. The number of hydrogen-bond acceptors (Lipinski definition) is 1. The molecule has 1 heterocycles. The van der Waals surface area contributed by atoms with Crippen LogP contribution in [0.25, 0.3) is 0 Å². The van der Waals surface area contributed by atoms with Crippen molar-refractivity contribution in [2.24, 2.45) is 0 Å². The predicted molar refractivity (Wildman–Crippen MR) is 99.0 cm³/mol. The first kappa shape index (κ1) is 19.2. The Bertz CT molecular complexity index is 502. The molecule has 0 spiro atoms. The quantitative estimate of drug-likeness (QED) is 0.550. The van der Waals surface area contributed by atoms with E-state index in [0.29, 0.717) is 0 Å². The maximum Gasteiger partial charge on any atom is 0.0500 e. The predicted octanol–water partition coefficient (Wildman–Crippen LogP) is 6.27. The van der Waals surface area contributed by atoms with E-state index in [0.717, 1.165) is 0 Å². The topological polar surface area (TPSA) is 12.9 Å². The minimum Gasteiger partial charge on any atom is -0.256 e. The van der Waals surface area contributed by atoms with E-state index >= 15 is 0 Å². The summed E-state index contributed by atoms with van der Waals surface area (Å²) in [4.78, 5) is 5.16. The van der Waals surface area contributed by atoms with E-state index in [-0.39, 0.29) is 21.7 Å². The van der Waals surface area contributed by atoms with Crippen LogP contribution in [0.3, 0.4) is 0 Å². The Labute approximate surface area is 138 Å². The van der Waals surface area contributed by atoms with Crippen molar-refractivity contribution >= 4 is 0 Å². The van der Waals surface area contributed by atoms with E-state index < -0.39 is 0 Å². The third kappa shape index (κ3) is 4.12. The first-order valence-electron chi connectivity index (χ1n) is 8.52. The molecule has 0 amide bonds. The molecule has 22 heavy (non-hydrogen) atoms. The van der Waals surface area contributed by atoms with E-state index in [1.54, 1.807) is 0 Å². The third-order valence-corrected chi connectivity index (χ3v) is 4.06. The number of hydrogen-bond donors (Lipinski definition) is 0. The summed E-state index contributed by atoms with van der Waals surface area (Å²) in [7, 11) is 0. The molecule has 0 aliphatic heterocycles. The second-order valence-electron chi connectivity index (χ2n) is 10.8. The molecule has 1 heteroatoms. The van der Waals surface area contributed by atoms with Crippen LogP contribution in [0.5, 0.6) is 0 Å². The minimum absolute atomic E-state index is 0.0455. The molecule has 0 fully saturated rings. The largest absolute Gasteiger partial charge is 0.256 e. The van der Waals surface area contributed by atoms with Gasteiger partial charge >= 0.3 is 0 Å². The van der Waals surface area contributed by atoms with Crippen LogP contribution < -0.4 is 0 Å². The Kier molecular flexibility index (Phi) is 4.67. The molecule has 0 radical (unpaired) electrons. The summed E-state index contributed by atoms with van der Waals surface area (Å²) >= 11 is 0. The van der Waals surface area contributed by atoms with Gasteiger partial charge in [0, 0.05) is 16.5 Å². The van der Waals surface area contributed by atoms with Gasteiger partial charge in [0.15, 0.2) is 0 Å². The van der Waals surface area contributed by atoms with Crippen molar-refractivity contribution in [2.45, 2.75) is 105 Å². The maximum absolute atomic E-state index is 5.16. The van der Waals surface area contributed by atoms with Gasteiger partial charge in [-0.05, 0) is 28.0 Å². The summed E-state index contributed by atoms with van der Waals surface area (Å²) in [5.74, 6) is 0. The fourth-order valence-electron chi connectivity index (χ4n) is 2.82. The Hall–Kier alpha value is -0.850. The van der Waals surface area contributed by atoms with Gasteiger partial charge in [-0.25, -0.2) is 0 Å². The smallest absolute Gasteiger partial charge is 0.0500 e. The second-order valence-corrected chi connectivity index (χ2v) is 10.8. The van der Waals surface area contributed by atoms with Crippen LogP contribution in [-0.2, 0) is 21.7 Å². The van der Waals surface area contributed by atoms with Gasteiger partial charge in [0.05, 0.1) is 5.69 Å². The zero-order chi connectivity index (χ0) is 17.7. The van der Waals surface area contributed by atoms with Crippen LogP contribution in [0.1, 0.15) is 106 Å². The summed E-state index contributed by atoms with van der Waals surface area (Å²) in [6.45, 7) is 27.5. The highest BCUT2D eigenvalue weighted by Gasteiger charge is 2.34. The van der Waals surface area contributed by atoms with Gasteiger partial charge in [-0.2, -0.15) is 0 Å². The highest BCUT2D eigenvalue weighted by Crippen LogP contribution is 2.41. The molecule has 0 saturated carbocycles. The van der Waals surface area contributed by atoms with Crippen molar-refractivity contribution < 1.29 is 0 Å². The number of pyridine rings is 1. The van der Waals surface area contributed by atoms with Crippen LogP contribution in [0, 0.1) is 0 Å². The number of aromatic nitrogens is 1. The van der Waals surface area contributed by atoms with Crippen LogP contribution in [-0.4, -0.2) is 4.98 Å². The fraction of sp³-hybridized carbons (Fsp3) is 0.762. The summed E-state index contributed by atoms with van der Waals surface area (Å²) in [5.41, 5.74) is 5.67. The first-order chi connectivity index (χ1) is 9.45. The highest BCUT2D eigenvalue weighted by molar-refractivity contribution is 5.45. The lowest BCUT2D eigenvalue weighted by atomic mass is 9.70. The van der Waals surface area contributed by atoms with Crippen molar-refractivity contribution in [2.75, 3.05) is 0 Å². The molecule has 0 unspecified atom stereocenters. The molecule has 0 aromatic carbocycles. The molecule has 0 saturated heterocycles. The maximum atomic E-state index is 5.16. The lowest BCUT2D eigenvalue weighted by molar-refractivity contribution is 0.470. The van der Waals surface area contributed by atoms with Gasteiger partial charge in [0.25, 0.3) is 0 Å². The van der Waals surface area contributed by atoms with E-state index in [9.17, 15) is 0 Å². The van der Waals surface area contributed by atoms with Gasteiger partial charge in [-0.15, -0.1) is 0 Å². The molecule has 1 aromatic heterocycles. The van der Waals surface area contributed by atoms with Gasteiger partial charge in [0.2, 0.25) is 0 Å². The highest BCUT2D eigenvalue weighted by atomic mass is 14.8. The van der Waals surface area contributed by atoms with Gasteiger partial charge in [0.1, 0.15) is 0 Å². The molecule has 1 aromatic rings. The van der Waals surface area contributed by atoms with E-state index in [1.165, 1.54) is 22.5 Å². The van der Waals surface area contributed by atoms with Crippen molar-refractivity contribution in [3.8, 4) is 0 Å². The molecular weight excluding hydrogens is 266 g/mol. The molecule has 0 aliphatic carbocycles. The average Bonchev–Trinajstić information content (AvgIpc) is 2.22. The zero-order valence-electron chi connectivity index (χ0n) is 17.0. The lowest BCUT2D eigenvalue weighted by Crippen LogP contribution is -2.31. The van der Waals surface area contributed by atoms with Gasteiger partial charge in [-0.1, -0.05) is 83.1 Å². The summed E-state index contributed by atoms with van der Waals surface area (Å²) in [6, 6.07) is 2.36. The summed E-state index contributed by atoms with van der Waals surface area (Å²) in [6.07, 6.45) is 0. The monoisotopic (exact) mass is 303 g/mol. The fourth-order valence-corrected chi connectivity index (χ4v) is 2.82. The Morgan fingerprint density at radius 1 is 0.591 bits per heavy atom. The molecular formula is C21H37N. The standard InChI is InChI=1S/C21H37N/c1-18(2,3)14-13-15(19(4,5)6)22-17(21(10,11)12)16(14)20(7,8)9/h13H,1-12H3. The molecule has 0 atom stereocenters. The number of rotatable bonds is 0. The zero-order valence-corrected chi connectivity index (χ0v) is 17.0. The van der Waals surface area contributed by atoms with Crippen molar-refractivity contribution in [1.29, 1.82) is 0 Å². The molecule has 1 nitrogen and oxygen atoms in total. The minimum atomic E-state index is 0.0455. The van der Waals surface area contributed by atoms with Crippen molar-refractivity contribution in [3.05, 3.63) is 28.6 Å². The summed E-state index contributed by atoms with van der Waals surface area (Å²) < 4.78 is 0. The number of nitrogens with zero attached hydrogens (tertiary/aromatic N) is 1. The Morgan fingerprint density at radius 3 is 1.32 bits per heavy atom. The van der Waals surface area contributed by atoms with Crippen LogP contribution >= 0.6 is 0 Å². The second kappa shape index (κ2) is 5.35. The van der Waals surface area contributed by atoms with Crippen LogP contribution in [0.2, 0.25) is 0 Å². The molecule has 0 bridgehead atoms. The summed E-state index contributed by atoms with van der Waals surface area (Å²) in [5, 5.41) is 0. The molecule has 0 aliphatic rings. The van der Waals surface area contributed by atoms with Gasteiger partial charge < -0.3 is 0 Å². The molecule has 126 valence electrons. The molecule has 1 rings (SSSR count). The van der Waals surface area contributed by atoms with E-state index in [1.807, 2.05) is 0 Å². The van der Waals surface area contributed by atoms with Crippen molar-refractivity contribution in [3.63, 3.8) is 0 Å². The lowest BCUT2D eigenvalue weighted by Gasteiger charge is -2.37. The normalized spacial score (nSPS) is 14.4. The van der Waals surface area contributed by atoms with Crippen LogP contribution in [0.4, 0.5) is 0 Å². The van der Waals surface area contributed by atoms with E-state index in [2.05, 4.69) is 89.2 Å². The third-order valence-electron chi connectivity index (χ3n) is 4.06. The Morgan fingerprint density at radius 2 is 1.05 bits per heavy atom. The van der Waals surface area contributed by atoms with Gasteiger partial charge in [-0.3, -0.25) is 4.98 Å².